The number of ether oxygens (including phenoxy) is 1. The van der Waals surface area contributed by atoms with Gasteiger partial charge in [-0.3, -0.25) is 4.79 Å². The average Bonchev–Trinajstić information content (AvgIpc) is 2.47. The highest BCUT2D eigenvalue weighted by Gasteiger charge is 2.25. The van der Waals surface area contributed by atoms with Crippen LogP contribution in [0.4, 0.5) is 0 Å². The van der Waals surface area contributed by atoms with Crippen LogP contribution in [-0.2, 0) is 16.1 Å². The van der Waals surface area contributed by atoms with Crippen molar-refractivity contribution in [3.63, 3.8) is 0 Å². The largest absolute Gasteiger partial charge is 0.381 e. The van der Waals surface area contributed by atoms with Crippen LogP contribution in [0.3, 0.4) is 0 Å². The molecule has 0 spiro atoms. The Kier molecular flexibility index (Phi) is 6.03. The molecule has 2 rings (SSSR count). The van der Waals surface area contributed by atoms with Gasteiger partial charge in [0.25, 0.3) is 0 Å². The maximum absolute atomic E-state index is 11.3. The lowest BCUT2D eigenvalue weighted by molar-refractivity contribution is -0.119. The number of carbonyl (C=O) groups excluding carboxylic acids is 1. The van der Waals surface area contributed by atoms with Gasteiger partial charge in [0.2, 0.25) is 5.91 Å². The number of amides is 1. The molecule has 0 saturated carbocycles. The van der Waals surface area contributed by atoms with Gasteiger partial charge < -0.3 is 15.8 Å². The average molecular weight is 311 g/mol. The highest BCUT2D eigenvalue weighted by molar-refractivity contribution is 6.31. The number of hydrogen-bond acceptors (Lipinski definition) is 3. The van der Waals surface area contributed by atoms with Crippen LogP contribution in [0.1, 0.15) is 30.4 Å². The lowest BCUT2D eigenvalue weighted by Gasteiger charge is -2.30. The molecular formula is C16H23ClN2O2. The van der Waals surface area contributed by atoms with Gasteiger partial charge in [0.1, 0.15) is 0 Å². The van der Waals surface area contributed by atoms with Crippen LogP contribution in [0.15, 0.2) is 18.2 Å². The smallest absolute Gasteiger partial charge is 0.218 e. The van der Waals surface area contributed by atoms with E-state index in [9.17, 15) is 4.79 Å². The van der Waals surface area contributed by atoms with Crippen LogP contribution in [0.5, 0.6) is 0 Å². The van der Waals surface area contributed by atoms with Crippen molar-refractivity contribution in [2.75, 3.05) is 13.2 Å². The van der Waals surface area contributed by atoms with Crippen molar-refractivity contribution < 1.29 is 9.53 Å². The lowest BCUT2D eigenvalue weighted by atomic mass is 9.89. The van der Waals surface area contributed by atoms with Gasteiger partial charge in [-0.1, -0.05) is 23.7 Å². The quantitative estimate of drug-likeness (QED) is 0.848. The summed E-state index contributed by atoms with van der Waals surface area (Å²) in [4.78, 5) is 11.3. The van der Waals surface area contributed by atoms with E-state index in [1.165, 1.54) is 0 Å². The minimum absolute atomic E-state index is 0.103. The lowest BCUT2D eigenvalue weighted by Crippen LogP contribution is -2.41. The van der Waals surface area contributed by atoms with Crippen molar-refractivity contribution >= 4 is 17.5 Å². The van der Waals surface area contributed by atoms with E-state index in [0.29, 0.717) is 18.9 Å². The number of aryl methyl sites for hydroxylation is 1. The summed E-state index contributed by atoms with van der Waals surface area (Å²) in [6, 6.07) is 6.14. The number of nitrogens with two attached hydrogens (primary N) is 1. The molecule has 0 aliphatic carbocycles. The number of hydrogen-bond donors (Lipinski definition) is 2. The molecule has 116 valence electrons. The Labute approximate surface area is 131 Å². The molecule has 0 bridgehead atoms. The van der Waals surface area contributed by atoms with Gasteiger partial charge in [-0.2, -0.15) is 0 Å². The fraction of sp³-hybridized carbons (Fsp3) is 0.562. The van der Waals surface area contributed by atoms with E-state index in [4.69, 9.17) is 22.1 Å². The zero-order valence-corrected chi connectivity index (χ0v) is 13.2. The SMILES string of the molecule is Cc1ccc(CN[C@@H](CC(N)=O)C2CCOCC2)cc1Cl. The third-order valence-corrected chi connectivity index (χ3v) is 4.47. The third-order valence-electron chi connectivity index (χ3n) is 4.06. The second kappa shape index (κ2) is 7.78. The molecule has 0 aromatic heterocycles. The molecule has 5 heteroatoms. The van der Waals surface area contributed by atoms with Crippen LogP contribution in [0.2, 0.25) is 5.02 Å². The number of primary amides is 1. The van der Waals surface area contributed by atoms with Gasteiger partial charge in [-0.15, -0.1) is 0 Å². The summed E-state index contributed by atoms with van der Waals surface area (Å²) in [6.45, 7) is 4.20. The summed E-state index contributed by atoms with van der Waals surface area (Å²) >= 11 is 6.14. The maximum Gasteiger partial charge on any atom is 0.218 e. The van der Waals surface area contributed by atoms with Crippen molar-refractivity contribution in [3.05, 3.63) is 34.3 Å². The Hall–Kier alpha value is -1.10. The summed E-state index contributed by atoms with van der Waals surface area (Å²) in [5, 5.41) is 4.24. The fourth-order valence-corrected chi connectivity index (χ4v) is 2.94. The van der Waals surface area contributed by atoms with Crippen molar-refractivity contribution in [2.45, 2.75) is 38.8 Å². The van der Waals surface area contributed by atoms with E-state index in [0.717, 1.165) is 42.2 Å². The summed E-state index contributed by atoms with van der Waals surface area (Å²) < 4.78 is 5.39. The molecule has 1 fully saturated rings. The molecule has 1 aliphatic heterocycles. The second-order valence-electron chi connectivity index (χ2n) is 5.69. The predicted octanol–water partition coefficient (Wildman–Crippen LogP) is 2.41. The van der Waals surface area contributed by atoms with Gasteiger partial charge in [0.05, 0.1) is 0 Å². The first-order chi connectivity index (χ1) is 10.1. The van der Waals surface area contributed by atoms with Gasteiger partial charge >= 0.3 is 0 Å². The van der Waals surface area contributed by atoms with Crippen molar-refractivity contribution in [2.24, 2.45) is 11.7 Å². The molecule has 1 amide bonds. The molecule has 4 nitrogen and oxygen atoms in total. The highest BCUT2D eigenvalue weighted by Crippen LogP contribution is 2.22. The normalized spacial score (nSPS) is 17.6. The van der Waals surface area contributed by atoms with E-state index in [1.54, 1.807) is 0 Å². The van der Waals surface area contributed by atoms with Gasteiger partial charge in [-0.25, -0.2) is 0 Å². The zero-order chi connectivity index (χ0) is 15.2. The molecular weight excluding hydrogens is 288 g/mol. The van der Waals surface area contributed by atoms with Crippen molar-refractivity contribution in [3.8, 4) is 0 Å². The van der Waals surface area contributed by atoms with Crippen LogP contribution in [0.25, 0.3) is 0 Å². The van der Waals surface area contributed by atoms with E-state index in [1.807, 2.05) is 19.1 Å². The Balaban J connectivity index is 1.97. The maximum atomic E-state index is 11.3. The Morgan fingerprint density at radius 2 is 2.19 bits per heavy atom. The zero-order valence-electron chi connectivity index (χ0n) is 12.4. The van der Waals surface area contributed by atoms with Crippen LogP contribution in [-0.4, -0.2) is 25.2 Å². The van der Waals surface area contributed by atoms with Gasteiger partial charge in [0, 0.05) is 37.2 Å². The van der Waals surface area contributed by atoms with Crippen LogP contribution >= 0.6 is 11.6 Å². The molecule has 1 aromatic carbocycles. The Morgan fingerprint density at radius 1 is 1.48 bits per heavy atom. The van der Waals surface area contributed by atoms with Crippen molar-refractivity contribution in [1.82, 2.24) is 5.32 Å². The molecule has 1 aliphatic rings. The van der Waals surface area contributed by atoms with E-state index < -0.39 is 0 Å². The Morgan fingerprint density at radius 3 is 2.81 bits per heavy atom. The molecule has 21 heavy (non-hydrogen) atoms. The fourth-order valence-electron chi connectivity index (χ4n) is 2.74. The molecule has 0 radical (unpaired) electrons. The minimum atomic E-state index is -0.263. The molecule has 3 N–H and O–H groups in total. The summed E-state index contributed by atoms with van der Waals surface area (Å²) in [5.74, 6) is 0.174. The molecule has 1 atom stereocenters. The first-order valence-electron chi connectivity index (χ1n) is 7.40. The molecule has 0 unspecified atom stereocenters. The van der Waals surface area contributed by atoms with Gasteiger partial charge in [0.15, 0.2) is 0 Å². The monoisotopic (exact) mass is 310 g/mol. The predicted molar refractivity (Wildman–Crippen MR) is 84.2 cm³/mol. The number of carbonyl (C=O) groups is 1. The van der Waals surface area contributed by atoms with Crippen LogP contribution < -0.4 is 11.1 Å². The first-order valence-corrected chi connectivity index (χ1v) is 7.78. The molecule has 1 saturated heterocycles. The number of nitrogens with one attached hydrogen (secondary N) is 1. The second-order valence-corrected chi connectivity index (χ2v) is 6.10. The minimum Gasteiger partial charge on any atom is -0.381 e. The number of halogens is 1. The number of rotatable bonds is 6. The van der Waals surface area contributed by atoms with E-state index in [2.05, 4.69) is 11.4 Å². The highest BCUT2D eigenvalue weighted by atomic mass is 35.5. The Bertz CT molecular complexity index is 487. The topological polar surface area (TPSA) is 64.3 Å². The summed E-state index contributed by atoms with van der Waals surface area (Å²) in [6.07, 6.45) is 2.31. The molecule has 1 heterocycles. The van der Waals surface area contributed by atoms with Crippen LogP contribution in [0, 0.1) is 12.8 Å². The van der Waals surface area contributed by atoms with Gasteiger partial charge in [-0.05, 0) is 42.9 Å². The molecule has 1 aromatic rings. The van der Waals surface area contributed by atoms with Crippen molar-refractivity contribution in [1.29, 1.82) is 0 Å². The van der Waals surface area contributed by atoms with E-state index >= 15 is 0 Å². The van der Waals surface area contributed by atoms with E-state index in [-0.39, 0.29) is 11.9 Å². The third kappa shape index (κ3) is 4.99. The summed E-state index contributed by atoms with van der Waals surface area (Å²) in [7, 11) is 0. The number of benzene rings is 1. The first kappa shape index (κ1) is 16.3. The standard InChI is InChI=1S/C16H23ClN2O2/c1-11-2-3-12(8-14(11)17)10-19-15(9-16(18)20)13-4-6-21-7-5-13/h2-3,8,13,15,19H,4-7,9-10H2,1H3,(H2,18,20)/t15-/m0/s1. The summed E-state index contributed by atoms with van der Waals surface area (Å²) in [5.41, 5.74) is 7.57.